The van der Waals surface area contributed by atoms with Crippen LogP contribution in [0.2, 0.25) is 0 Å². The first-order valence-corrected chi connectivity index (χ1v) is 4.74. The van der Waals surface area contributed by atoms with Gasteiger partial charge in [0, 0.05) is 17.8 Å². The summed E-state index contributed by atoms with van der Waals surface area (Å²) in [5, 5.41) is 17.0. The van der Waals surface area contributed by atoms with Crippen LogP contribution in [-0.4, -0.2) is 24.6 Å². The third kappa shape index (κ3) is 1.04. The first kappa shape index (κ1) is 8.90. The van der Waals surface area contributed by atoms with Crippen molar-refractivity contribution in [3.8, 4) is 5.75 Å². The van der Waals surface area contributed by atoms with Crippen LogP contribution in [0.25, 0.3) is 11.0 Å². The van der Waals surface area contributed by atoms with E-state index in [2.05, 4.69) is 10.3 Å². The van der Waals surface area contributed by atoms with E-state index < -0.39 is 0 Å². The maximum atomic E-state index is 11.5. The lowest BCUT2D eigenvalue weighted by Crippen LogP contribution is -2.16. The van der Waals surface area contributed by atoms with Gasteiger partial charge in [-0.25, -0.2) is 4.52 Å². The van der Waals surface area contributed by atoms with E-state index in [1.807, 2.05) is 6.92 Å². The predicted molar refractivity (Wildman–Crippen MR) is 56.6 cm³/mol. The van der Waals surface area contributed by atoms with Gasteiger partial charge in [0.1, 0.15) is 11.3 Å². The highest BCUT2D eigenvalue weighted by molar-refractivity contribution is 5.75. The van der Waals surface area contributed by atoms with Crippen molar-refractivity contribution in [2.24, 2.45) is 0 Å². The molecule has 0 aliphatic rings. The Labute approximate surface area is 89.3 Å². The second kappa shape index (κ2) is 2.82. The molecule has 0 radical (unpaired) electrons. The summed E-state index contributed by atoms with van der Waals surface area (Å²) in [4.78, 5) is 11.5. The molecule has 2 aromatic heterocycles. The van der Waals surface area contributed by atoms with Crippen LogP contribution in [0.1, 0.15) is 5.69 Å². The number of aromatic nitrogens is 4. The highest BCUT2D eigenvalue weighted by Crippen LogP contribution is 2.16. The molecule has 0 amide bonds. The standard InChI is InChI=1S/C10H8N4O2/c1-6-4-10(16)14-12-11-8-5-7(15)2-3-9(8)13(6)14/h2-5,15H,1H3. The molecule has 3 aromatic rings. The molecule has 6 nitrogen and oxygen atoms in total. The molecule has 1 N–H and O–H groups in total. The zero-order valence-corrected chi connectivity index (χ0v) is 8.45. The van der Waals surface area contributed by atoms with Crippen LogP contribution in [0.15, 0.2) is 29.1 Å². The molecule has 1 aromatic carbocycles. The van der Waals surface area contributed by atoms with Gasteiger partial charge in [-0.15, -0.1) is 9.73 Å². The molecule has 0 unspecified atom stereocenters. The third-order valence-electron chi connectivity index (χ3n) is 2.48. The Morgan fingerprint density at radius 3 is 2.94 bits per heavy atom. The normalized spacial score (nSPS) is 11.3. The quantitative estimate of drug-likeness (QED) is 0.588. The molecule has 16 heavy (non-hydrogen) atoms. The van der Waals surface area contributed by atoms with Crippen LogP contribution in [0.5, 0.6) is 5.75 Å². The van der Waals surface area contributed by atoms with E-state index in [0.29, 0.717) is 5.52 Å². The molecule has 0 aliphatic carbocycles. The summed E-state index contributed by atoms with van der Waals surface area (Å²) in [6, 6.07) is 6.24. The van der Waals surface area contributed by atoms with E-state index in [9.17, 15) is 9.90 Å². The lowest BCUT2D eigenvalue weighted by molar-refractivity contribution is 0.475. The number of hydrogen-bond acceptors (Lipinski definition) is 4. The van der Waals surface area contributed by atoms with Crippen LogP contribution in [0.4, 0.5) is 0 Å². The van der Waals surface area contributed by atoms with Crippen molar-refractivity contribution in [3.05, 3.63) is 40.3 Å². The number of phenolic OH excluding ortho intramolecular Hbond substituents is 1. The van der Waals surface area contributed by atoms with Gasteiger partial charge >= 0.3 is 0 Å². The average Bonchev–Trinajstić information content (AvgIpc) is 2.54. The fourth-order valence-corrected chi connectivity index (χ4v) is 1.78. The number of benzene rings is 1. The van der Waals surface area contributed by atoms with E-state index in [4.69, 9.17) is 0 Å². The molecule has 0 atom stereocenters. The summed E-state index contributed by atoms with van der Waals surface area (Å²) in [6.07, 6.45) is 0. The van der Waals surface area contributed by atoms with Gasteiger partial charge in [-0.05, 0) is 24.3 Å². The van der Waals surface area contributed by atoms with E-state index in [0.717, 1.165) is 11.2 Å². The van der Waals surface area contributed by atoms with Crippen LogP contribution < -0.4 is 5.56 Å². The largest absolute Gasteiger partial charge is 0.508 e. The Bertz CT molecular complexity index is 756. The van der Waals surface area contributed by atoms with Crippen LogP contribution in [0.3, 0.4) is 0 Å². The summed E-state index contributed by atoms with van der Waals surface area (Å²) in [5.74, 6) is 0.123. The highest BCUT2D eigenvalue weighted by Gasteiger charge is 2.07. The third-order valence-corrected chi connectivity index (χ3v) is 2.48. The Balaban J connectivity index is 2.63. The van der Waals surface area contributed by atoms with Gasteiger partial charge in [0.05, 0.1) is 5.52 Å². The van der Waals surface area contributed by atoms with Crippen molar-refractivity contribution in [2.45, 2.75) is 6.92 Å². The van der Waals surface area contributed by atoms with E-state index in [1.54, 1.807) is 16.6 Å². The van der Waals surface area contributed by atoms with Gasteiger partial charge in [0.15, 0.2) is 0 Å². The number of aryl methyl sites for hydroxylation is 1. The number of phenols is 1. The van der Waals surface area contributed by atoms with E-state index in [1.165, 1.54) is 16.8 Å². The van der Waals surface area contributed by atoms with Crippen LogP contribution >= 0.6 is 0 Å². The topological polar surface area (TPSA) is 71.9 Å². The van der Waals surface area contributed by atoms with Gasteiger partial charge in [-0.1, -0.05) is 0 Å². The Hall–Kier alpha value is -2.37. The van der Waals surface area contributed by atoms with E-state index in [-0.39, 0.29) is 11.3 Å². The first-order valence-electron chi connectivity index (χ1n) is 4.74. The number of fused-ring (bicyclic) bond motifs is 3. The Morgan fingerprint density at radius 1 is 1.31 bits per heavy atom. The molecule has 0 bridgehead atoms. The molecular formula is C10H8N4O2. The van der Waals surface area contributed by atoms with Gasteiger partial charge in [-0.3, -0.25) is 4.79 Å². The van der Waals surface area contributed by atoms with Gasteiger partial charge in [0.2, 0.25) is 0 Å². The van der Waals surface area contributed by atoms with Crippen molar-refractivity contribution < 1.29 is 5.11 Å². The molecule has 0 spiro atoms. The number of rotatable bonds is 0. The minimum Gasteiger partial charge on any atom is -0.508 e. The molecule has 80 valence electrons. The van der Waals surface area contributed by atoms with Crippen molar-refractivity contribution in [2.75, 3.05) is 0 Å². The molecule has 2 heterocycles. The minimum absolute atomic E-state index is 0.123. The van der Waals surface area contributed by atoms with Gasteiger partial charge in [-0.2, -0.15) is 0 Å². The van der Waals surface area contributed by atoms with Crippen molar-refractivity contribution in [1.29, 1.82) is 0 Å². The maximum absolute atomic E-state index is 11.5. The minimum atomic E-state index is -0.222. The van der Waals surface area contributed by atoms with E-state index >= 15 is 0 Å². The summed E-state index contributed by atoms with van der Waals surface area (Å²) in [6.45, 7) is 1.81. The number of nitrogens with zero attached hydrogens (tertiary/aromatic N) is 4. The smallest absolute Gasteiger partial charge is 0.290 e. The Kier molecular flexibility index (Phi) is 1.57. The fraction of sp³-hybridized carbons (Fsp3) is 0.100. The molecular weight excluding hydrogens is 208 g/mol. The fourth-order valence-electron chi connectivity index (χ4n) is 1.78. The molecule has 0 fully saturated rings. The number of aromatic hydroxyl groups is 1. The zero-order valence-electron chi connectivity index (χ0n) is 8.45. The van der Waals surface area contributed by atoms with Crippen LogP contribution in [0, 0.1) is 6.92 Å². The van der Waals surface area contributed by atoms with Crippen molar-refractivity contribution in [1.82, 2.24) is 19.5 Å². The zero-order chi connectivity index (χ0) is 11.3. The molecule has 6 heteroatoms. The van der Waals surface area contributed by atoms with Crippen molar-refractivity contribution in [3.63, 3.8) is 0 Å². The first-order chi connectivity index (χ1) is 7.66. The van der Waals surface area contributed by atoms with Gasteiger partial charge < -0.3 is 5.11 Å². The average molecular weight is 216 g/mol. The lowest BCUT2D eigenvalue weighted by Gasteiger charge is -2.03. The summed E-state index contributed by atoms with van der Waals surface area (Å²) in [5.41, 5.74) is 1.82. The maximum Gasteiger partial charge on any atom is 0.290 e. The number of hydrogen-bond donors (Lipinski definition) is 1. The molecule has 0 saturated heterocycles. The summed E-state index contributed by atoms with van der Waals surface area (Å²) < 4.78 is 2.85. The molecule has 0 aliphatic heterocycles. The predicted octanol–water partition coefficient (Wildman–Crippen LogP) is 0.356. The van der Waals surface area contributed by atoms with Crippen molar-refractivity contribution >= 4 is 11.0 Å². The van der Waals surface area contributed by atoms with Gasteiger partial charge in [0.25, 0.3) is 5.56 Å². The molecule has 0 saturated carbocycles. The second-order valence-corrected chi connectivity index (χ2v) is 3.59. The highest BCUT2D eigenvalue weighted by atomic mass is 16.3. The second-order valence-electron chi connectivity index (χ2n) is 3.59. The monoisotopic (exact) mass is 216 g/mol. The molecule has 3 rings (SSSR count). The summed E-state index contributed by atoms with van der Waals surface area (Å²) >= 11 is 0. The Morgan fingerprint density at radius 2 is 2.12 bits per heavy atom. The summed E-state index contributed by atoms with van der Waals surface area (Å²) in [7, 11) is 0. The van der Waals surface area contributed by atoms with Crippen LogP contribution in [-0.2, 0) is 0 Å². The SMILES string of the molecule is Cc1cc(=O)n2nnc3cc(O)ccc3n12. The lowest BCUT2D eigenvalue weighted by atomic mass is 10.3.